The Kier molecular flexibility index (Phi) is 3.66. The number of benzene rings is 2. The first kappa shape index (κ1) is 16.3. The highest BCUT2D eigenvalue weighted by molar-refractivity contribution is 7.15. The first-order chi connectivity index (χ1) is 13.1. The van der Waals surface area contributed by atoms with Crippen LogP contribution in [0.1, 0.15) is 11.1 Å². The second kappa shape index (κ2) is 6.07. The summed E-state index contributed by atoms with van der Waals surface area (Å²) >= 11 is 7.54. The highest BCUT2D eigenvalue weighted by Gasteiger charge is 2.15. The maximum absolute atomic E-state index is 6.00. The van der Waals surface area contributed by atoms with Crippen LogP contribution in [0.4, 0.5) is 12.0 Å². The van der Waals surface area contributed by atoms with Crippen LogP contribution in [0.3, 0.4) is 0 Å². The predicted molar refractivity (Wildman–Crippen MR) is 108 cm³/mol. The number of rotatable bonds is 3. The highest BCUT2D eigenvalue weighted by atomic mass is 35.5. The molecule has 1 N–H and O–H groups in total. The summed E-state index contributed by atoms with van der Waals surface area (Å²) in [7, 11) is 0. The number of halogens is 1. The van der Waals surface area contributed by atoms with E-state index in [1.807, 2.05) is 4.52 Å². The molecule has 5 aromatic rings. The Morgan fingerprint density at radius 2 is 2.00 bits per heavy atom. The van der Waals surface area contributed by atoms with E-state index in [9.17, 15) is 0 Å². The number of fused-ring (bicyclic) bond motifs is 2. The molecule has 134 valence electrons. The number of aromatic nitrogens is 4. The summed E-state index contributed by atoms with van der Waals surface area (Å²) in [5, 5.41) is 10.3. The third-order valence-electron chi connectivity index (χ3n) is 4.31. The van der Waals surface area contributed by atoms with Gasteiger partial charge in [0.25, 0.3) is 5.95 Å². The minimum atomic E-state index is 0.332. The average Bonchev–Trinajstić information content (AvgIpc) is 3.29. The topological polar surface area (TPSA) is 68.2 Å². The van der Waals surface area contributed by atoms with Gasteiger partial charge in [-0.05, 0) is 37.6 Å². The molecule has 6 nitrogen and oxygen atoms in total. The number of hydrogen-bond acceptors (Lipinski definition) is 6. The van der Waals surface area contributed by atoms with Gasteiger partial charge in [-0.1, -0.05) is 35.4 Å². The maximum atomic E-state index is 6.00. The minimum absolute atomic E-state index is 0.332. The fraction of sp³-hybridized carbons (Fsp3) is 0.105. The Balaban J connectivity index is 1.52. The van der Waals surface area contributed by atoms with Crippen molar-refractivity contribution in [1.82, 2.24) is 19.6 Å². The lowest BCUT2D eigenvalue weighted by atomic mass is 10.0. The molecule has 3 heterocycles. The van der Waals surface area contributed by atoms with Gasteiger partial charge in [0, 0.05) is 16.0 Å². The Morgan fingerprint density at radius 3 is 2.85 bits per heavy atom. The summed E-state index contributed by atoms with van der Waals surface area (Å²) in [6, 6.07) is 12.0. The van der Waals surface area contributed by atoms with E-state index in [1.54, 1.807) is 29.5 Å². The molecule has 0 amide bonds. The smallest absolute Gasteiger partial charge is 0.302 e. The van der Waals surface area contributed by atoms with Crippen LogP contribution in [-0.4, -0.2) is 19.6 Å². The van der Waals surface area contributed by atoms with Gasteiger partial charge in [0.15, 0.2) is 5.58 Å². The molecule has 2 aromatic carbocycles. The predicted octanol–water partition coefficient (Wildman–Crippen LogP) is 5.61. The van der Waals surface area contributed by atoms with Crippen LogP contribution < -0.4 is 5.32 Å². The van der Waals surface area contributed by atoms with E-state index in [0.717, 1.165) is 16.2 Å². The number of nitrogens with zero attached hydrogens (tertiary/aromatic N) is 4. The fourth-order valence-corrected chi connectivity index (χ4v) is 4.06. The average molecular weight is 396 g/mol. The molecule has 0 spiro atoms. The quantitative estimate of drug-likeness (QED) is 0.429. The van der Waals surface area contributed by atoms with Crippen molar-refractivity contribution in [3.63, 3.8) is 0 Å². The van der Waals surface area contributed by atoms with Crippen LogP contribution in [0.5, 0.6) is 0 Å². The molecule has 0 fully saturated rings. The van der Waals surface area contributed by atoms with Gasteiger partial charge in [-0.15, -0.1) is 16.4 Å². The Hall–Kier alpha value is -2.90. The normalized spacial score (nSPS) is 11.5. The summed E-state index contributed by atoms with van der Waals surface area (Å²) in [6.07, 6.45) is 0. The van der Waals surface area contributed by atoms with Crippen molar-refractivity contribution in [2.45, 2.75) is 13.8 Å². The van der Waals surface area contributed by atoms with E-state index >= 15 is 0 Å². The van der Waals surface area contributed by atoms with Gasteiger partial charge in [-0.25, -0.2) is 4.52 Å². The molecule has 0 aliphatic rings. The highest BCUT2D eigenvalue weighted by Crippen LogP contribution is 2.30. The van der Waals surface area contributed by atoms with Crippen molar-refractivity contribution < 1.29 is 4.42 Å². The largest absolute Gasteiger partial charge is 0.423 e. The molecule has 3 aromatic heterocycles. The molecule has 5 rings (SSSR count). The molecule has 0 saturated carbocycles. The Labute approximate surface area is 163 Å². The van der Waals surface area contributed by atoms with Crippen LogP contribution >= 0.6 is 22.9 Å². The van der Waals surface area contributed by atoms with Crippen molar-refractivity contribution in [1.29, 1.82) is 0 Å². The van der Waals surface area contributed by atoms with Crippen molar-refractivity contribution in [2.24, 2.45) is 0 Å². The molecule has 8 heteroatoms. The van der Waals surface area contributed by atoms with Gasteiger partial charge in [0.1, 0.15) is 5.52 Å². The fourth-order valence-electron chi connectivity index (χ4n) is 3.07. The van der Waals surface area contributed by atoms with E-state index in [2.05, 4.69) is 57.8 Å². The molecule has 0 saturated heterocycles. The van der Waals surface area contributed by atoms with E-state index in [0.29, 0.717) is 28.1 Å². The first-order valence-corrected chi connectivity index (χ1v) is 9.57. The molecular formula is C19H14ClN5OS. The van der Waals surface area contributed by atoms with Crippen molar-refractivity contribution in [3.05, 3.63) is 57.9 Å². The van der Waals surface area contributed by atoms with Crippen LogP contribution in [0.15, 0.2) is 46.2 Å². The number of anilines is 2. The van der Waals surface area contributed by atoms with Crippen molar-refractivity contribution in [2.75, 3.05) is 5.32 Å². The summed E-state index contributed by atoms with van der Waals surface area (Å²) in [5.74, 6) is 0.436. The van der Waals surface area contributed by atoms with Crippen molar-refractivity contribution in [3.8, 4) is 11.3 Å². The summed E-state index contributed by atoms with van der Waals surface area (Å²) in [4.78, 5) is 9.70. The summed E-state index contributed by atoms with van der Waals surface area (Å²) < 4.78 is 7.52. The third-order valence-corrected chi connectivity index (χ3v) is 5.36. The van der Waals surface area contributed by atoms with Crippen molar-refractivity contribution >= 4 is 51.0 Å². The maximum Gasteiger partial charge on any atom is 0.302 e. The molecule has 0 bridgehead atoms. The molecular weight excluding hydrogens is 382 g/mol. The van der Waals surface area contributed by atoms with Gasteiger partial charge in [0.2, 0.25) is 4.96 Å². The Bertz CT molecular complexity index is 1300. The Morgan fingerprint density at radius 1 is 1.11 bits per heavy atom. The monoisotopic (exact) mass is 395 g/mol. The lowest BCUT2D eigenvalue weighted by Crippen LogP contribution is -1.95. The zero-order valence-corrected chi connectivity index (χ0v) is 16.1. The van der Waals surface area contributed by atoms with E-state index in [-0.39, 0.29) is 0 Å². The summed E-state index contributed by atoms with van der Waals surface area (Å²) in [6.45, 7) is 4.19. The van der Waals surface area contributed by atoms with Gasteiger partial charge < -0.3 is 4.42 Å². The molecule has 0 aliphatic heterocycles. The van der Waals surface area contributed by atoms with Gasteiger partial charge in [-0.2, -0.15) is 9.97 Å². The van der Waals surface area contributed by atoms with Gasteiger partial charge >= 0.3 is 6.01 Å². The molecule has 0 unspecified atom stereocenters. The number of oxazole rings is 1. The molecule has 0 atom stereocenters. The van der Waals surface area contributed by atoms with E-state index in [1.165, 1.54) is 11.1 Å². The van der Waals surface area contributed by atoms with Gasteiger partial charge in [0.05, 0.1) is 5.69 Å². The van der Waals surface area contributed by atoms with E-state index < -0.39 is 0 Å². The number of nitrogens with one attached hydrogen (secondary N) is 1. The lowest BCUT2D eigenvalue weighted by Gasteiger charge is -2.05. The van der Waals surface area contributed by atoms with E-state index in [4.69, 9.17) is 16.0 Å². The molecule has 0 radical (unpaired) electrons. The number of hydrogen-bond donors (Lipinski definition) is 1. The molecule has 27 heavy (non-hydrogen) atoms. The number of thiazole rings is 1. The first-order valence-electron chi connectivity index (χ1n) is 8.32. The SMILES string of the molecule is Cc1ccc(-c2csc3nc(Nc4nc5cc(Cl)ccc5o4)nn23)c(C)c1. The van der Waals surface area contributed by atoms with Crippen LogP contribution in [-0.2, 0) is 0 Å². The standard InChI is InChI=1S/C19H14ClN5OS/c1-10-3-5-13(11(2)7-10)15-9-27-19-23-17(24-25(15)19)22-18-21-14-8-12(20)4-6-16(14)26-18/h3-9H,1-2H3,(H,21,22,24). The zero-order chi connectivity index (χ0) is 18.5. The third kappa shape index (κ3) is 2.85. The number of aryl methyl sites for hydroxylation is 2. The zero-order valence-electron chi connectivity index (χ0n) is 14.5. The van der Waals surface area contributed by atoms with Crippen LogP contribution in [0.25, 0.3) is 27.3 Å². The van der Waals surface area contributed by atoms with Gasteiger partial charge in [-0.3, -0.25) is 5.32 Å². The lowest BCUT2D eigenvalue weighted by molar-refractivity contribution is 0.621. The minimum Gasteiger partial charge on any atom is -0.423 e. The second-order valence-electron chi connectivity index (χ2n) is 6.33. The molecule has 0 aliphatic carbocycles. The van der Waals surface area contributed by atoms with Crippen LogP contribution in [0, 0.1) is 13.8 Å². The van der Waals surface area contributed by atoms with Crippen LogP contribution in [0.2, 0.25) is 5.02 Å². The second-order valence-corrected chi connectivity index (χ2v) is 7.60. The summed E-state index contributed by atoms with van der Waals surface area (Å²) in [5.41, 5.74) is 5.92.